The van der Waals surface area contributed by atoms with E-state index in [4.69, 9.17) is 0 Å². The Kier molecular flexibility index (Phi) is 4.94. The van der Waals surface area contributed by atoms with Crippen molar-refractivity contribution in [3.63, 3.8) is 0 Å². The molecule has 0 N–H and O–H groups in total. The molecule has 1 fully saturated rings. The molecule has 0 radical (unpaired) electrons. The molecule has 4 rings (SSSR count). The summed E-state index contributed by atoms with van der Waals surface area (Å²) in [6.45, 7) is 4.01. The van der Waals surface area contributed by atoms with Gasteiger partial charge in [0.05, 0.1) is 5.69 Å². The van der Waals surface area contributed by atoms with Gasteiger partial charge in [-0.15, -0.1) is 21.5 Å². The minimum atomic E-state index is -3.40. The Morgan fingerprint density at radius 3 is 2.22 bits per heavy atom. The van der Waals surface area contributed by atoms with Crippen LogP contribution in [0, 0.1) is 6.92 Å². The topological polar surface area (TPSA) is 66.4 Å². The molecule has 27 heavy (non-hydrogen) atoms. The maximum absolute atomic E-state index is 12.7. The van der Waals surface area contributed by atoms with E-state index in [1.807, 2.05) is 55.5 Å². The van der Waals surface area contributed by atoms with Crippen molar-refractivity contribution in [3.8, 4) is 11.3 Å². The van der Waals surface area contributed by atoms with E-state index < -0.39 is 10.0 Å². The Labute approximate surface area is 163 Å². The number of hydrogen-bond acceptors (Lipinski definition) is 6. The molecule has 1 aliphatic rings. The number of rotatable bonds is 4. The van der Waals surface area contributed by atoms with Gasteiger partial charge in [0.15, 0.2) is 5.82 Å². The second-order valence-electron chi connectivity index (χ2n) is 6.40. The first-order valence-corrected chi connectivity index (χ1v) is 11.0. The minimum Gasteiger partial charge on any atom is -0.352 e. The maximum Gasteiger partial charge on any atom is 0.252 e. The summed E-state index contributed by atoms with van der Waals surface area (Å²) in [5.74, 6) is 0.777. The number of hydrogen-bond donors (Lipinski definition) is 0. The molecule has 0 saturated carbocycles. The summed E-state index contributed by atoms with van der Waals surface area (Å²) < 4.78 is 27.4. The lowest BCUT2D eigenvalue weighted by atomic mass is 10.1. The zero-order valence-corrected chi connectivity index (χ0v) is 16.6. The molecule has 1 aromatic carbocycles. The molecule has 6 nitrogen and oxygen atoms in total. The average Bonchev–Trinajstić information content (AvgIpc) is 3.16. The van der Waals surface area contributed by atoms with Crippen molar-refractivity contribution in [3.05, 3.63) is 59.5 Å². The first kappa shape index (κ1) is 18.1. The highest BCUT2D eigenvalue weighted by molar-refractivity contribution is 7.91. The first-order chi connectivity index (χ1) is 13.0. The van der Waals surface area contributed by atoms with Crippen LogP contribution in [-0.2, 0) is 10.0 Å². The summed E-state index contributed by atoms with van der Waals surface area (Å²) >= 11 is 1.32. The molecule has 1 saturated heterocycles. The third kappa shape index (κ3) is 3.73. The van der Waals surface area contributed by atoms with Crippen molar-refractivity contribution in [2.24, 2.45) is 0 Å². The third-order valence-corrected chi connectivity index (χ3v) is 7.96. The molecule has 0 atom stereocenters. The molecule has 8 heteroatoms. The van der Waals surface area contributed by atoms with E-state index in [9.17, 15) is 8.42 Å². The summed E-state index contributed by atoms with van der Waals surface area (Å²) in [6, 6.07) is 17.3. The minimum absolute atomic E-state index is 0.417. The van der Waals surface area contributed by atoms with Crippen LogP contribution in [0.5, 0.6) is 0 Å². The summed E-state index contributed by atoms with van der Waals surface area (Å²) in [5.41, 5.74) is 1.85. The summed E-state index contributed by atoms with van der Waals surface area (Å²) in [7, 11) is -3.40. The highest BCUT2D eigenvalue weighted by Gasteiger charge is 2.30. The molecule has 0 unspecified atom stereocenters. The molecule has 3 aromatic rings. The number of nitrogens with zero attached hydrogens (tertiary/aromatic N) is 4. The van der Waals surface area contributed by atoms with Crippen LogP contribution in [-0.4, -0.2) is 49.1 Å². The smallest absolute Gasteiger partial charge is 0.252 e. The van der Waals surface area contributed by atoms with Gasteiger partial charge in [-0.25, -0.2) is 8.42 Å². The second kappa shape index (κ2) is 7.38. The summed E-state index contributed by atoms with van der Waals surface area (Å²) in [4.78, 5) is 3.08. The fourth-order valence-corrected chi connectivity index (χ4v) is 5.95. The van der Waals surface area contributed by atoms with E-state index in [0.29, 0.717) is 30.4 Å². The van der Waals surface area contributed by atoms with Crippen LogP contribution in [0.2, 0.25) is 0 Å². The number of aromatic nitrogens is 2. The van der Waals surface area contributed by atoms with Crippen molar-refractivity contribution in [2.75, 3.05) is 31.1 Å². The molecule has 2 aromatic heterocycles. The fourth-order valence-electron chi connectivity index (χ4n) is 3.09. The normalized spacial score (nSPS) is 15.8. The van der Waals surface area contributed by atoms with Gasteiger partial charge in [-0.3, -0.25) is 0 Å². The van der Waals surface area contributed by atoms with Crippen molar-refractivity contribution in [1.82, 2.24) is 14.5 Å². The average molecular weight is 401 g/mol. The molecular formula is C19H20N4O2S2. The van der Waals surface area contributed by atoms with E-state index in [-0.39, 0.29) is 0 Å². The lowest BCUT2D eigenvalue weighted by Crippen LogP contribution is -2.48. The van der Waals surface area contributed by atoms with Crippen LogP contribution in [0.3, 0.4) is 0 Å². The van der Waals surface area contributed by atoms with Gasteiger partial charge < -0.3 is 4.90 Å². The second-order valence-corrected chi connectivity index (χ2v) is 9.85. The molecular weight excluding hydrogens is 380 g/mol. The van der Waals surface area contributed by atoms with Crippen LogP contribution in [0.4, 0.5) is 5.82 Å². The van der Waals surface area contributed by atoms with Crippen LogP contribution in [0.1, 0.15) is 4.88 Å². The number of sulfonamides is 1. The van der Waals surface area contributed by atoms with E-state index in [0.717, 1.165) is 22.0 Å². The van der Waals surface area contributed by atoms with Gasteiger partial charge in [0.2, 0.25) is 0 Å². The standard InChI is InChI=1S/C19H20N4O2S2/c1-15-7-10-19(26-15)27(24,25)23-13-11-22(12-14-23)18-9-8-17(20-21-18)16-5-3-2-4-6-16/h2-10H,11-14H2,1H3. The van der Waals surface area contributed by atoms with Crippen LogP contribution in [0.25, 0.3) is 11.3 Å². The lowest BCUT2D eigenvalue weighted by Gasteiger charge is -2.34. The predicted molar refractivity (Wildman–Crippen MR) is 107 cm³/mol. The largest absolute Gasteiger partial charge is 0.352 e. The first-order valence-electron chi connectivity index (χ1n) is 8.75. The Hall–Kier alpha value is -2.29. The van der Waals surface area contributed by atoms with Crippen molar-refractivity contribution >= 4 is 27.2 Å². The van der Waals surface area contributed by atoms with Gasteiger partial charge >= 0.3 is 0 Å². The molecule has 1 aliphatic heterocycles. The number of anilines is 1. The number of piperazine rings is 1. The zero-order chi connectivity index (χ0) is 18.9. The third-order valence-electron chi connectivity index (χ3n) is 4.59. The molecule has 0 spiro atoms. The van der Waals surface area contributed by atoms with Crippen molar-refractivity contribution in [2.45, 2.75) is 11.1 Å². The quantitative estimate of drug-likeness (QED) is 0.673. The van der Waals surface area contributed by atoms with Crippen molar-refractivity contribution in [1.29, 1.82) is 0 Å². The van der Waals surface area contributed by atoms with E-state index in [1.54, 1.807) is 10.4 Å². The van der Waals surface area contributed by atoms with Gasteiger partial charge in [0, 0.05) is 36.6 Å². The van der Waals surface area contributed by atoms with Crippen molar-refractivity contribution < 1.29 is 8.42 Å². The van der Waals surface area contributed by atoms with Gasteiger partial charge in [-0.05, 0) is 31.2 Å². The monoisotopic (exact) mass is 400 g/mol. The summed E-state index contributed by atoms with van der Waals surface area (Å²) in [5, 5.41) is 8.66. The number of benzene rings is 1. The van der Waals surface area contributed by atoms with E-state index in [1.165, 1.54) is 11.3 Å². The maximum atomic E-state index is 12.7. The van der Waals surface area contributed by atoms with Crippen LogP contribution < -0.4 is 4.90 Å². The fraction of sp³-hybridized carbons (Fsp3) is 0.263. The Balaban J connectivity index is 1.43. The zero-order valence-electron chi connectivity index (χ0n) is 14.9. The Morgan fingerprint density at radius 2 is 1.63 bits per heavy atom. The summed E-state index contributed by atoms with van der Waals surface area (Å²) in [6.07, 6.45) is 0. The van der Waals surface area contributed by atoms with Gasteiger partial charge in [-0.2, -0.15) is 4.31 Å². The van der Waals surface area contributed by atoms with E-state index >= 15 is 0 Å². The lowest BCUT2D eigenvalue weighted by molar-refractivity contribution is 0.384. The highest BCUT2D eigenvalue weighted by atomic mass is 32.2. The van der Waals surface area contributed by atoms with Crippen LogP contribution >= 0.6 is 11.3 Å². The van der Waals surface area contributed by atoms with Gasteiger partial charge in [0.25, 0.3) is 10.0 Å². The SMILES string of the molecule is Cc1ccc(S(=O)(=O)N2CCN(c3ccc(-c4ccccc4)nn3)CC2)s1. The predicted octanol–water partition coefficient (Wildman–Crippen LogP) is 3.02. The molecule has 0 amide bonds. The molecule has 140 valence electrons. The highest BCUT2D eigenvalue weighted by Crippen LogP contribution is 2.26. The molecule has 0 bridgehead atoms. The molecule has 0 aliphatic carbocycles. The Bertz CT molecular complexity index is 1010. The van der Waals surface area contributed by atoms with Gasteiger partial charge in [-0.1, -0.05) is 30.3 Å². The van der Waals surface area contributed by atoms with Crippen LogP contribution in [0.15, 0.2) is 58.8 Å². The number of thiophene rings is 1. The molecule has 3 heterocycles. The van der Waals surface area contributed by atoms with E-state index in [2.05, 4.69) is 15.1 Å². The van der Waals surface area contributed by atoms with Gasteiger partial charge in [0.1, 0.15) is 4.21 Å². The Morgan fingerprint density at radius 1 is 0.889 bits per heavy atom. The number of aryl methyl sites for hydroxylation is 1.